The maximum atomic E-state index is 12.7. The van der Waals surface area contributed by atoms with Crippen LogP contribution in [0.5, 0.6) is 5.75 Å². The summed E-state index contributed by atoms with van der Waals surface area (Å²) in [6.07, 6.45) is 1.34. The summed E-state index contributed by atoms with van der Waals surface area (Å²) in [6.45, 7) is 8.39. The van der Waals surface area contributed by atoms with Gasteiger partial charge < -0.3 is 14.5 Å². The van der Waals surface area contributed by atoms with Crippen molar-refractivity contribution in [2.45, 2.75) is 40.5 Å². The highest BCUT2D eigenvalue weighted by Gasteiger charge is 2.24. The van der Waals surface area contributed by atoms with Crippen LogP contribution in [0, 0.1) is 27.7 Å². The zero-order valence-corrected chi connectivity index (χ0v) is 22.3. The molecule has 0 spiro atoms. The lowest BCUT2D eigenvalue weighted by atomic mass is 9.98. The van der Waals surface area contributed by atoms with E-state index in [1.807, 2.05) is 63.7 Å². The fourth-order valence-electron chi connectivity index (χ4n) is 4.64. The zero-order valence-electron chi connectivity index (χ0n) is 20.8. The van der Waals surface area contributed by atoms with Crippen molar-refractivity contribution >= 4 is 40.1 Å². The van der Waals surface area contributed by atoms with Crippen LogP contribution in [-0.4, -0.2) is 34.5 Å². The summed E-state index contributed by atoms with van der Waals surface area (Å²) in [6, 6.07) is 7.70. The van der Waals surface area contributed by atoms with Crippen LogP contribution in [0.3, 0.4) is 0 Å². The lowest BCUT2D eigenvalue weighted by Gasteiger charge is -2.10. The zero-order chi connectivity index (χ0) is 25.4. The monoisotopic (exact) mass is 513 g/mol. The Morgan fingerprint density at radius 3 is 2.37 bits per heavy atom. The second-order valence-electron chi connectivity index (χ2n) is 8.81. The Kier molecular flexibility index (Phi) is 7.15. The molecule has 2 aromatic heterocycles. The van der Waals surface area contributed by atoms with E-state index in [9.17, 15) is 4.79 Å². The number of H-pyrrole nitrogens is 1. The molecule has 0 aliphatic heterocycles. The predicted molar refractivity (Wildman–Crippen MR) is 141 cm³/mol. The molecule has 184 valence electrons. The molecule has 0 unspecified atom stereocenters. The number of fused-ring (bicyclic) bond motifs is 1. The number of rotatable bonds is 7. The lowest BCUT2D eigenvalue weighted by molar-refractivity contribution is 0.0593. The summed E-state index contributed by atoms with van der Waals surface area (Å²) >= 11 is 13.0. The van der Waals surface area contributed by atoms with Gasteiger partial charge in [-0.2, -0.15) is 5.10 Å². The number of halogens is 2. The highest BCUT2D eigenvalue weighted by atomic mass is 35.5. The predicted octanol–water partition coefficient (Wildman–Crippen LogP) is 6.91. The van der Waals surface area contributed by atoms with E-state index in [1.165, 1.54) is 7.11 Å². The molecule has 0 radical (unpaired) electrons. The van der Waals surface area contributed by atoms with Crippen LogP contribution < -0.4 is 4.74 Å². The van der Waals surface area contributed by atoms with Gasteiger partial charge >= 0.3 is 5.97 Å². The van der Waals surface area contributed by atoms with E-state index in [0.29, 0.717) is 30.2 Å². The van der Waals surface area contributed by atoms with Crippen LogP contribution in [-0.2, 0) is 18.2 Å². The van der Waals surface area contributed by atoms with Gasteiger partial charge in [0.1, 0.15) is 11.4 Å². The third kappa shape index (κ3) is 4.65. The molecule has 8 heteroatoms. The number of hydrogen-bond acceptors (Lipinski definition) is 4. The average molecular weight is 514 g/mol. The number of hydrogen-bond donors (Lipinski definition) is 1. The van der Waals surface area contributed by atoms with E-state index >= 15 is 0 Å². The Hall–Kier alpha value is -2.96. The Bertz CT molecular complexity index is 1410. The topological polar surface area (TPSA) is 69.1 Å². The Balaban J connectivity index is 1.69. The number of esters is 1. The molecule has 4 rings (SSSR count). The average Bonchev–Trinajstić information content (AvgIpc) is 3.31. The summed E-state index contributed by atoms with van der Waals surface area (Å²) in [5.41, 5.74) is 7.76. The molecular weight excluding hydrogens is 485 g/mol. The van der Waals surface area contributed by atoms with Crippen molar-refractivity contribution in [2.75, 3.05) is 13.7 Å². The van der Waals surface area contributed by atoms with Gasteiger partial charge in [0.05, 0.1) is 29.9 Å². The summed E-state index contributed by atoms with van der Waals surface area (Å²) in [5, 5.41) is 6.84. The van der Waals surface area contributed by atoms with Crippen molar-refractivity contribution in [3.8, 4) is 16.9 Å². The minimum Gasteiger partial charge on any atom is -0.494 e. The maximum Gasteiger partial charge on any atom is 0.354 e. The molecule has 0 atom stereocenters. The second kappa shape index (κ2) is 9.96. The molecule has 0 fully saturated rings. The van der Waals surface area contributed by atoms with E-state index in [1.54, 1.807) is 0 Å². The molecule has 0 amide bonds. The van der Waals surface area contributed by atoms with Crippen LogP contribution in [0.15, 0.2) is 24.3 Å². The smallest absolute Gasteiger partial charge is 0.354 e. The van der Waals surface area contributed by atoms with Crippen LogP contribution in [0.25, 0.3) is 22.0 Å². The number of nitrogens with zero attached hydrogens (tertiary/aromatic N) is 2. The normalized spacial score (nSPS) is 11.3. The number of carbonyl (C=O) groups excluding carboxylic acids is 1. The summed E-state index contributed by atoms with van der Waals surface area (Å²) in [7, 11) is 3.29. The quantitative estimate of drug-likeness (QED) is 0.215. The number of aromatic amines is 1. The SMILES string of the molecule is COC(=O)c1[nH]c2c(-c3c(C)nn(C)c3C)c(Cl)ccc2c1CCCOc1cc(C)c(Cl)c(C)c1. The Morgan fingerprint density at radius 1 is 1.09 bits per heavy atom. The molecule has 0 aliphatic rings. The van der Waals surface area contributed by atoms with Crippen molar-refractivity contribution in [2.24, 2.45) is 7.05 Å². The Labute approximate surface area is 215 Å². The number of ether oxygens (including phenoxy) is 2. The fraction of sp³-hybridized carbons (Fsp3) is 0.333. The molecule has 0 saturated carbocycles. The summed E-state index contributed by atoms with van der Waals surface area (Å²) in [4.78, 5) is 16.0. The van der Waals surface area contributed by atoms with Crippen molar-refractivity contribution in [3.05, 3.63) is 68.1 Å². The molecular formula is C27H29Cl2N3O3. The minimum atomic E-state index is -0.414. The van der Waals surface area contributed by atoms with E-state index in [-0.39, 0.29) is 0 Å². The number of benzene rings is 2. The van der Waals surface area contributed by atoms with Crippen molar-refractivity contribution in [1.82, 2.24) is 14.8 Å². The van der Waals surface area contributed by atoms with Crippen LogP contribution >= 0.6 is 23.2 Å². The molecule has 0 aliphatic carbocycles. The first kappa shape index (κ1) is 25.1. The first-order valence-corrected chi connectivity index (χ1v) is 12.2. The minimum absolute atomic E-state index is 0.414. The van der Waals surface area contributed by atoms with E-state index in [4.69, 9.17) is 32.7 Å². The first-order chi connectivity index (χ1) is 16.6. The molecule has 4 aromatic rings. The fourth-order valence-corrected chi connectivity index (χ4v) is 5.00. The third-order valence-corrected chi connectivity index (χ3v) is 7.34. The molecule has 2 heterocycles. The molecule has 6 nitrogen and oxygen atoms in total. The van der Waals surface area contributed by atoms with Gasteiger partial charge in [0.15, 0.2) is 0 Å². The van der Waals surface area contributed by atoms with Crippen molar-refractivity contribution in [1.29, 1.82) is 0 Å². The molecule has 2 aromatic carbocycles. The van der Waals surface area contributed by atoms with Crippen LogP contribution in [0.2, 0.25) is 10.0 Å². The first-order valence-electron chi connectivity index (χ1n) is 11.5. The summed E-state index contributed by atoms with van der Waals surface area (Å²) < 4.78 is 12.9. The van der Waals surface area contributed by atoms with Crippen LogP contribution in [0.1, 0.15) is 45.0 Å². The summed E-state index contributed by atoms with van der Waals surface area (Å²) in [5.74, 6) is 0.371. The van der Waals surface area contributed by atoms with Gasteiger partial charge in [-0.25, -0.2) is 4.79 Å². The molecule has 0 saturated heterocycles. The maximum absolute atomic E-state index is 12.7. The largest absolute Gasteiger partial charge is 0.494 e. The van der Waals surface area contributed by atoms with Gasteiger partial charge in [0, 0.05) is 34.3 Å². The highest BCUT2D eigenvalue weighted by molar-refractivity contribution is 6.35. The number of aryl methyl sites for hydroxylation is 5. The number of methoxy groups -OCH3 is 1. The van der Waals surface area contributed by atoms with Gasteiger partial charge in [-0.15, -0.1) is 0 Å². The van der Waals surface area contributed by atoms with Crippen LogP contribution in [0.4, 0.5) is 0 Å². The second-order valence-corrected chi connectivity index (χ2v) is 9.59. The lowest BCUT2D eigenvalue weighted by Crippen LogP contribution is -2.07. The third-order valence-electron chi connectivity index (χ3n) is 6.43. The highest BCUT2D eigenvalue weighted by Crippen LogP contribution is 2.40. The molecule has 1 N–H and O–H groups in total. The number of aromatic nitrogens is 3. The molecule has 0 bridgehead atoms. The van der Waals surface area contributed by atoms with Gasteiger partial charge in [0.25, 0.3) is 0 Å². The van der Waals surface area contributed by atoms with E-state index < -0.39 is 5.97 Å². The van der Waals surface area contributed by atoms with Crippen molar-refractivity contribution < 1.29 is 14.3 Å². The van der Waals surface area contributed by atoms with E-state index in [2.05, 4.69) is 10.1 Å². The standard InChI is InChI=1S/C27H29Cl2N3O3/c1-14-12-18(13-15(2)24(14)29)35-11-7-8-19-20-9-10-21(28)23(22-16(3)31-32(5)17(22)4)25(20)30-26(19)27(33)34-6/h9-10,12-13,30H,7-8,11H2,1-6H3. The number of nitrogens with one attached hydrogen (secondary N) is 1. The van der Waals surface area contributed by atoms with E-state index in [0.717, 1.165) is 60.9 Å². The Morgan fingerprint density at radius 2 is 1.77 bits per heavy atom. The van der Waals surface area contributed by atoms with Crippen molar-refractivity contribution in [3.63, 3.8) is 0 Å². The van der Waals surface area contributed by atoms with Gasteiger partial charge in [-0.3, -0.25) is 4.68 Å². The number of carbonyl (C=O) groups is 1. The van der Waals surface area contributed by atoms with Gasteiger partial charge in [-0.05, 0) is 75.4 Å². The van der Waals surface area contributed by atoms with Gasteiger partial charge in [-0.1, -0.05) is 29.3 Å². The van der Waals surface area contributed by atoms with Gasteiger partial charge in [0.2, 0.25) is 0 Å². The molecule has 35 heavy (non-hydrogen) atoms.